The minimum absolute atomic E-state index is 0.00926. The van der Waals surface area contributed by atoms with Crippen molar-refractivity contribution in [2.24, 2.45) is 11.7 Å². The van der Waals surface area contributed by atoms with Gasteiger partial charge in [-0.3, -0.25) is 0 Å². The lowest BCUT2D eigenvalue weighted by Crippen LogP contribution is -2.39. The van der Waals surface area contributed by atoms with Gasteiger partial charge in [0.15, 0.2) is 0 Å². The predicted octanol–water partition coefficient (Wildman–Crippen LogP) is 2.55. The maximum atomic E-state index is 13.1. The second-order valence-electron chi connectivity index (χ2n) is 3.90. The lowest BCUT2D eigenvalue weighted by Gasteiger charge is -2.23. The van der Waals surface area contributed by atoms with Gasteiger partial charge < -0.3 is 5.73 Å². The van der Waals surface area contributed by atoms with Crippen LogP contribution in [0.5, 0.6) is 0 Å². The molecule has 1 unspecified atom stereocenters. The van der Waals surface area contributed by atoms with Crippen LogP contribution in [0, 0.1) is 5.92 Å². The normalized spacial score (nSPS) is 23.0. The molecular formula is C9H17F2N. The van der Waals surface area contributed by atoms with Crippen LogP contribution in [0.2, 0.25) is 0 Å². The van der Waals surface area contributed by atoms with Crippen molar-refractivity contribution < 1.29 is 8.78 Å². The van der Waals surface area contributed by atoms with Crippen LogP contribution in [0.3, 0.4) is 0 Å². The van der Waals surface area contributed by atoms with Crippen molar-refractivity contribution in [1.82, 2.24) is 0 Å². The molecule has 1 aliphatic carbocycles. The highest BCUT2D eigenvalue weighted by molar-refractivity contribution is 4.81. The zero-order valence-corrected chi connectivity index (χ0v) is 7.52. The summed E-state index contributed by atoms with van der Waals surface area (Å²) in [7, 11) is 0. The monoisotopic (exact) mass is 177 g/mol. The van der Waals surface area contributed by atoms with E-state index in [0.29, 0.717) is 0 Å². The van der Waals surface area contributed by atoms with Gasteiger partial charge in [0.1, 0.15) is 0 Å². The van der Waals surface area contributed by atoms with Gasteiger partial charge in [-0.05, 0) is 12.8 Å². The molecule has 0 radical (unpaired) electrons. The third-order valence-corrected chi connectivity index (χ3v) is 2.70. The average molecular weight is 177 g/mol. The molecule has 72 valence electrons. The zero-order valence-electron chi connectivity index (χ0n) is 7.52. The predicted molar refractivity (Wildman–Crippen MR) is 45.2 cm³/mol. The number of hydrogen-bond donors (Lipinski definition) is 1. The number of rotatable bonds is 3. The van der Waals surface area contributed by atoms with Gasteiger partial charge in [-0.1, -0.05) is 25.7 Å². The number of alkyl halides is 2. The van der Waals surface area contributed by atoms with Crippen molar-refractivity contribution >= 4 is 0 Å². The lowest BCUT2D eigenvalue weighted by molar-refractivity contribution is -0.0411. The topological polar surface area (TPSA) is 26.0 Å². The second-order valence-corrected chi connectivity index (χ2v) is 3.90. The van der Waals surface area contributed by atoms with Crippen LogP contribution in [-0.2, 0) is 0 Å². The van der Waals surface area contributed by atoms with Gasteiger partial charge >= 0.3 is 0 Å². The van der Waals surface area contributed by atoms with E-state index in [1.54, 1.807) is 0 Å². The van der Waals surface area contributed by atoms with E-state index < -0.39 is 12.0 Å². The molecule has 0 aliphatic heterocycles. The van der Waals surface area contributed by atoms with Crippen molar-refractivity contribution in [3.05, 3.63) is 0 Å². The Morgan fingerprint density at radius 2 is 1.92 bits per heavy atom. The third kappa shape index (κ3) is 2.41. The molecular weight excluding hydrogens is 160 g/mol. The highest BCUT2D eigenvalue weighted by Crippen LogP contribution is 2.35. The quantitative estimate of drug-likeness (QED) is 0.704. The molecule has 0 amide bonds. The Labute approximate surface area is 72.3 Å². The number of halogens is 2. The van der Waals surface area contributed by atoms with Gasteiger partial charge in [-0.15, -0.1) is 0 Å². The van der Waals surface area contributed by atoms with E-state index in [1.807, 2.05) is 0 Å². The summed E-state index contributed by atoms with van der Waals surface area (Å²) < 4.78 is 26.1. The van der Waals surface area contributed by atoms with Crippen LogP contribution in [0.25, 0.3) is 0 Å². The van der Waals surface area contributed by atoms with E-state index in [0.717, 1.165) is 25.7 Å². The minimum Gasteiger partial charge on any atom is -0.323 e. The number of hydrogen-bond acceptors (Lipinski definition) is 1. The molecule has 0 aromatic carbocycles. The molecule has 2 N–H and O–H groups in total. The van der Waals surface area contributed by atoms with Gasteiger partial charge in [-0.2, -0.15) is 0 Å². The van der Waals surface area contributed by atoms with Crippen molar-refractivity contribution in [2.45, 2.75) is 51.0 Å². The fourth-order valence-corrected chi connectivity index (χ4v) is 1.79. The Morgan fingerprint density at radius 3 is 2.33 bits per heavy atom. The van der Waals surface area contributed by atoms with Crippen LogP contribution in [-0.4, -0.2) is 12.0 Å². The van der Waals surface area contributed by atoms with Gasteiger partial charge in [0.25, 0.3) is 5.92 Å². The van der Waals surface area contributed by atoms with E-state index in [-0.39, 0.29) is 12.3 Å². The molecule has 3 heteroatoms. The van der Waals surface area contributed by atoms with Crippen LogP contribution in [0.1, 0.15) is 39.0 Å². The number of nitrogens with two attached hydrogens (primary N) is 1. The van der Waals surface area contributed by atoms with Crippen LogP contribution in [0.4, 0.5) is 8.78 Å². The van der Waals surface area contributed by atoms with Crippen molar-refractivity contribution in [3.8, 4) is 0 Å². The molecule has 0 heterocycles. The molecule has 12 heavy (non-hydrogen) atoms. The highest BCUT2D eigenvalue weighted by atomic mass is 19.3. The molecule has 1 atom stereocenters. The van der Waals surface area contributed by atoms with Crippen molar-refractivity contribution in [2.75, 3.05) is 0 Å². The van der Waals surface area contributed by atoms with Gasteiger partial charge in [0.05, 0.1) is 6.04 Å². The third-order valence-electron chi connectivity index (χ3n) is 2.70. The Kier molecular flexibility index (Phi) is 3.04. The summed E-state index contributed by atoms with van der Waals surface area (Å²) in [6.07, 6.45) is 4.13. The summed E-state index contributed by atoms with van der Waals surface area (Å²) in [4.78, 5) is 0. The van der Waals surface area contributed by atoms with Crippen LogP contribution < -0.4 is 5.73 Å². The van der Waals surface area contributed by atoms with Crippen molar-refractivity contribution in [3.63, 3.8) is 0 Å². The first-order valence-corrected chi connectivity index (χ1v) is 4.66. The Morgan fingerprint density at radius 1 is 1.42 bits per heavy atom. The summed E-state index contributed by atoms with van der Waals surface area (Å²) in [5, 5.41) is 0. The standard InChI is InChI=1S/C9H17F2N/c1-7(12)9(10,11)6-8-4-2-3-5-8/h7-8H,2-6,12H2,1H3. The SMILES string of the molecule is CC(N)C(F)(F)CC1CCCC1. The van der Waals surface area contributed by atoms with Crippen molar-refractivity contribution in [1.29, 1.82) is 0 Å². The Hall–Kier alpha value is -0.180. The molecule has 0 bridgehead atoms. The second kappa shape index (κ2) is 3.69. The molecule has 0 aromatic heterocycles. The van der Waals surface area contributed by atoms with E-state index in [2.05, 4.69) is 0 Å². The van der Waals surface area contributed by atoms with Gasteiger partial charge in [-0.25, -0.2) is 8.78 Å². The molecule has 1 saturated carbocycles. The molecule has 0 saturated heterocycles. The molecule has 0 spiro atoms. The summed E-state index contributed by atoms with van der Waals surface area (Å²) in [5.41, 5.74) is 5.20. The fraction of sp³-hybridized carbons (Fsp3) is 1.00. The first-order chi connectivity index (χ1) is 5.52. The molecule has 1 rings (SSSR count). The first kappa shape index (κ1) is 9.90. The molecule has 1 nitrogen and oxygen atoms in total. The van der Waals surface area contributed by atoms with Gasteiger partial charge in [0, 0.05) is 6.42 Å². The van der Waals surface area contributed by atoms with E-state index >= 15 is 0 Å². The smallest absolute Gasteiger partial charge is 0.262 e. The fourth-order valence-electron chi connectivity index (χ4n) is 1.79. The molecule has 1 fully saturated rings. The lowest BCUT2D eigenvalue weighted by atomic mass is 9.96. The highest BCUT2D eigenvalue weighted by Gasteiger charge is 2.37. The molecule has 0 aromatic rings. The van der Waals surface area contributed by atoms with Crippen LogP contribution >= 0.6 is 0 Å². The maximum Gasteiger partial charge on any atom is 0.262 e. The van der Waals surface area contributed by atoms with Crippen LogP contribution in [0.15, 0.2) is 0 Å². The first-order valence-electron chi connectivity index (χ1n) is 4.66. The summed E-state index contributed by atoms with van der Waals surface area (Å²) in [6, 6.07) is -1.00. The van der Waals surface area contributed by atoms with E-state index in [4.69, 9.17) is 5.73 Å². The summed E-state index contributed by atoms with van der Waals surface area (Å²) in [5.74, 6) is -2.44. The molecule has 1 aliphatic rings. The Bertz CT molecular complexity index is 139. The van der Waals surface area contributed by atoms with E-state index in [1.165, 1.54) is 6.92 Å². The summed E-state index contributed by atoms with van der Waals surface area (Å²) >= 11 is 0. The largest absolute Gasteiger partial charge is 0.323 e. The zero-order chi connectivity index (χ0) is 9.19. The average Bonchev–Trinajstić information content (AvgIpc) is 2.38. The van der Waals surface area contributed by atoms with Gasteiger partial charge in [0.2, 0.25) is 0 Å². The minimum atomic E-state index is -2.66. The maximum absolute atomic E-state index is 13.1. The Balaban J connectivity index is 2.37. The van der Waals surface area contributed by atoms with E-state index in [9.17, 15) is 8.78 Å². The summed E-state index contributed by atoms with van der Waals surface area (Å²) in [6.45, 7) is 1.38.